The van der Waals surface area contributed by atoms with E-state index < -0.39 is 0 Å². The third-order valence-corrected chi connectivity index (χ3v) is 4.74. The molecule has 0 saturated carbocycles. The van der Waals surface area contributed by atoms with Gasteiger partial charge in [0, 0.05) is 26.2 Å². The Morgan fingerprint density at radius 2 is 2.08 bits per heavy atom. The fraction of sp³-hybridized carbons (Fsp3) is 0.632. The lowest BCUT2D eigenvalue weighted by Crippen LogP contribution is -2.47. The summed E-state index contributed by atoms with van der Waals surface area (Å²) in [6.45, 7) is 6.03. The zero-order valence-corrected chi connectivity index (χ0v) is 14.8. The minimum Gasteiger partial charge on any atom is -0.374 e. The maximum absolute atomic E-state index is 12.0. The van der Waals surface area contributed by atoms with E-state index in [4.69, 9.17) is 9.47 Å². The lowest BCUT2D eigenvalue weighted by atomic mass is 10.1. The van der Waals surface area contributed by atoms with Crippen LogP contribution in [0.3, 0.4) is 0 Å². The van der Waals surface area contributed by atoms with Crippen LogP contribution < -0.4 is 10.6 Å². The Morgan fingerprint density at radius 1 is 1.28 bits per heavy atom. The summed E-state index contributed by atoms with van der Waals surface area (Å²) in [5.74, 6) is -0.0534. The Kier molecular flexibility index (Phi) is 7.23. The van der Waals surface area contributed by atoms with Gasteiger partial charge in [-0.25, -0.2) is 0 Å². The minimum absolute atomic E-state index is 0.0419. The van der Waals surface area contributed by atoms with Crippen LogP contribution in [0.25, 0.3) is 0 Å². The van der Waals surface area contributed by atoms with E-state index in [-0.39, 0.29) is 24.7 Å². The van der Waals surface area contributed by atoms with Crippen LogP contribution in [-0.2, 0) is 20.8 Å². The van der Waals surface area contributed by atoms with E-state index in [0.717, 1.165) is 45.6 Å². The van der Waals surface area contributed by atoms with Gasteiger partial charge in [-0.2, -0.15) is 0 Å². The van der Waals surface area contributed by atoms with Gasteiger partial charge in [0.25, 0.3) is 0 Å². The predicted molar refractivity (Wildman–Crippen MR) is 96.3 cm³/mol. The van der Waals surface area contributed by atoms with Gasteiger partial charge in [0.1, 0.15) is 6.61 Å². The summed E-state index contributed by atoms with van der Waals surface area (Å²) in [6, 6.07) is 10.5. The maximum atomic E-state index is 12.0. The molecule has 2 saturated heterocycles. The van der Waals surface area contributed by atoms with Gasteiger partial charge in [-0.1, -0.05) is 30.3 Å². The van der Waals surface area contributed by atoms with Crippen molar-refractivity contribution in [3.8, 4) is 0 Å². The molecule has 0 bridgehead atoms. The van der Waals surface area contributed by atoms with Gasteiger partial charge in [0.15, 0.2) is 0 Å². The van der Waals surface area contributed by atoms with E-state index in [1.165, 1.54) is 5.56 Å². The lowest BCUT2D eigenvalue weighted by molar-refractivity contribution is -0.129. The van der Waals surface area contributed by atoms with Crippen molar-refractivity contribution in [1.29, 1.82) is 0 Å². The Morgan fingerprint density at radius 3 is 2.88 bits per heavy atom. The van der Waals surface area contributed by atoms with Crippen LogP contribution in [0.2, 0.25) is 0 Å². The van der Waals surface area contributed by atoms with Crippen molar-refractivity contribution in [2.75, 3.05) is 45.9 Å². The molecular formula is C19H29N3O3. The molecule has 1 amide bonds. The Labute approximate surface area is 149 Å². The van der Waals surface area contributed by atoms with Gasteiger partial charge in [0.05, 0.1) is 18.8 Å². The third kappa shape index (κ3) is 6.40. The highest BCUT2D eigenvalue weighted by Gasteiger charge is 2.21. The van der Waals surface area contributed by atoms with Crippen LogP contribution in [0.15, 0.2) is 30.3 Å². The zero-order chi connectivity index (χ0) is 17.3. The van der Waals surface area contributed by atoms with Gasteiger partial charge in [-0.3, -0.25) is 9.69 Å². The van der Waals surface area contributed by atoms with E-state index in [1.54, 1.807) is 0 Å². The first-order chi connectivity index (χ1) is 12.3. The molecule has 1 unspecified atom stereocenters. The van der Waals surface area contributed by atoms with Crippen molar-refractivity contribution in [3.05, 3.63) is 35.9 Å². The monoisotopic (exact) mass is 347 g/mol. The number of hydrogen-bond acceptors (Lipinski definition) is 5. The number of ether oxygens (including phenoxy) is 2. The number of carbonyl (C=O) groups excluding carboxylic acids is 1. The van der Waals surface area contributed by atoms with E-state index in [9.17, 15) is 4.79 Å². The van der Waals surface area contributed by atoms with Crippen molar-refractivity contribution in [1.82, 2.24) is 15.5 Å². The Balaban J connectivity index is 1.34. The number of rotatable bonds is 7. The molecule has 2 N–H and O–H groups in total. The molecule has 2 fully saturated rings. The van der Waals surface area contributed by atoms with E-state index in [1.807, 2.05) is 6.07 Å². The third-order valence-electron chi connectivity index (χ3n) is 4.74. The summed E-state index contributed by atoms with van der Waals surface area (Å²) < 4.78 is 11.5. The van der Waals surface area contributed by atoms with Crippen molar-refractivity contribution < 1.29 is 14.3 Å². The number of piperidine rings is 1. The van der Waals surface area contributed by atoms with E-state index in [0.29, 0.717) is 13.2 Å². The highest BCUT2D eigenvalue weighted by Crippen LogP contribution is 2.10. The molecule has 25 heavy (non-hydrogen) atoms. The second kappa shape index (κ2) is 9.87. The number of carbonyl (C=O) groups is 1. The molecule has 2 heterocycles. The quantitative estimate of drug-likeness (QED) is 0.763. The normalized spacial score (nSPS) is 22.6. The van der Waals surface area contributed by atoms with Gasteiger partial charge < -0.3 is 20.1 Å². The zero-order valence-electron chi connectivity index (χ0n) is 14.8. The molecule has 2 aliphatic heterocycles. The number of morpholine rings is 1. The molecule has 3 rings (SSSR count). The fourth-order valence-corrected chi connectivity index (χ4v) is 3.32. The summed E-state index contributed by atoms with van der Waals surface area (Å²) >= 11 is 0. The topological polar surface area (TPSA) is 62.8 Å². The van der Waals surface area contributed by atoms with Crippen molar-refractivity contribution >= 4 is 5.91 Å². The summed E-state index contributed by atoms with van der Waals surface area (Å²) in [5.41, 5.74) is 1.31. The average molecular weight is 347 g/mol. The van der Waals surface area contributed by atoms with Crippen LogP contribution in [0.5, 0.6) is 0 Å². The molecule has 0 spiro atoms. The van der Waals surface area contributed by atoms with Gasteiger partial charge in [-0.05, 0) is 31.5 Å². The van der Waals surface area contributed by atoms with Crippen molar-refractivity contribution in [3.63, 3.8) is 0 Å². The van der Waals surface area contributed by atoms with E-state index >= 15 is 0 Å². The van der Waals surface area contributed by atoms with Crippen LogP contribution in [0.1, 0.15) is 18.4 Å². The van der Waals surface area contributed by atoms with Crippen molar-refractivity contribution in [2.45, 2.75) is 31.6 Å². The molecule has 0 aromatic heterocycles. The van der Waals surface area contributed by atoms with Gasteiger partial charge in [-0.15, -0.1) is 0 Å². The number of amides is 1. The van der Waals surface area contributed by atoms with Crippen LogP contribution in [0.4, 0.5) is 0 Å². The molecule has 1 aromatic carbocycles. The number of nitrogens with zero attached hydrogens (tertiary/aromatic N) is 1. The van der Waals surface area contributed by atoms with Gasteiger partial charge >= 0.3 is 0 Å². The molecule has 6 nitrogen and oxygen atoms in total. The highest BCUT2D eigenvalue weighted by atomic mass is 16.5. The molecule has 1 aromatic rings. The summed E-state index contributed by atoms with van der Waals surface area (Å²) in [6.07, 6.45) is 2.21. The Bertz CT molecular complexity index is 520. The number of benzene rings is 1. The standard InChI is InChI=1S/C19H29N3O3/c23-19(15-25-17-6-8-20-9-7-17)21-12-18-14-22(10-11-24-18)13-16-4-2-1-3-5-16/h1-5,17-18,20H,6-15H2,(H,21,23). The second-order valence-corrected chi connectivity index (χ2v) is 6.78. The van der Waals surface area contributed by atoms with Crippen LogP contribution in [-0.4, -0.2) is 69.0 Å². The Hall–Kier alpha value is -1.47. The molecule has 138 valence electrons. The maximum Gasteiger partial charge on any atom is 0.246 e. The first-order valence-corrected chi connectivity index (χ1v) is 9.26. The SMILES string of the molecule is O=C(COC1CCNCC1)NCC1CN(Cc2ccccc2)CCO1. The molecule has 1 atom stereocenters. The highest BCUT2D eigenvalue weighted by molar-refractivity contribution is 5.77. The molecule has 0 aliphatic carbocycles. The smallest absolute Gasteiger partial charge is 0.246 e. The number of nitrogens with one attached hydrogen (secondary N) is 2. The van der Waals surface area contributed by atoms with E-state index in [2.05, 4.69) is 39.8 Å². The molecule has 0 radical (unpaired) electrons. The first kappa shape index (κ1) is 18.3. The number of hydrogen-bond donors (Lipinski definition) is 2. The minimum atomic E-state index is -0.0534. The molecule has 2 aliphatic rings. The largest absolute Gasteiger partial charge is 0.374 e. The average Bonchev–Trinajstić information content (AvgIpc) is 2.67. The van der Waals surface area contributed by atoms with Crippen molar-refractivity contribution in [2.24, 2.45) is 0 Å². The first-order valence-electron chi connectivity index (χ1n) is 9.26. The fourth-order valence-electron chi connectivity index (χ4n) is 3.32. The second-order valence-electron chi connectivity index (χ2n) is 6.78. The van der Waals surface area contributed by atoms with Crippen LogP contribution >= 0.6 is 0 Å². The van der Waals surface area contributed by atoms with Gasteiger partial charge in [0.2, 0.25) is 5.91 Å². The summed E-state index contributed by atoms with van der Waals surface area (Å²) in [4.78, 5) is 14.4. The molecule has 6 heteroatoms. The summed E-state index contributed by atoms with van der Waals surface area (Å²) in [5, 5.41) is 6.24. The predicted octanol–water partition coefficient (Wildman–Crippen LogP) is 0.772. The summed E-state index contributed by atoms with van der Waals surface area (Å²) in [7, 11) is 0. The van der Waals surface area contributed by atoms with Crippen LogP contribution in [0, 0.1) is 0 Å². The lowest BCUT2D eigenvalue weighted by Gasteiger charge is -2.33. The molecular weight excluding hydrogens is 318 g/mol.